The molecule has 0 saturated carbocycles. The summed E-state index contributed by atoms with van der Waals surface area (Å²) in [6.07, 6.45) is 1.99. The van der Waals surface area contributed by atoms with E-state index in [0.717, 1.165) is 20.2 Å². The third-order valence-corrected chi connectivity index (χ3v) is 4.89. The lowest BCUT2D eigenvalue weighted by Crippen LogP contribution is -2.10. The summed E-state index contributed by atoms with van der Waals surface area (Å²) in [5.41, 5.74) is 7.11. The minimum absolute atomic E-state index is 0.254. The molecule has 1 aromatic carbocycles. The molecule has 0 aliphatic heterocycles. The number of fused-ring (bicyclic) bond motifs is 1. The number of aromatic nitrogens is 1. The molecule has 7 heteroatoms. The van der Waals surface area contributed by atoms with Crippen LogP contribution >= 0.6 is 23.1 Å². The maximum atomic E-state index is 12.1. The van der Waals surface area contributed by atoms with Crippen LogP contribution in [0.15, 0.2) is 39.1 Å². The summed E-state index contributed by atoms with van der Waals surface area (Å²) in [7, 11) is 0. The lowest BCUT2D eigenvalue weighted by Gasteiger charge is -2.02. The number of carbonyl (C=O) groups excluding carboxylic acids is 1. The van der Waals surface area contributed by atoms with Gasteiger partial charge in [0.15, 0.2) is 10.1 Å². The van der Waals surface area contributed by atoms with Crippen molar-refractivity contribution in [1.29, 1.82) is 0 Å². The minimum atomic E-state index is -0.288. The SMILES string of the molecule is CSc1nc2ccc(NC(=O)c3ccc(CN)o3)cc2s1. The second-order valence-electron chi connectivity index (χ2n) is 4.29. The first-order chi connectivity index (χ1) is 10.2. The molecule has 3 N–H and O–H groups in total. The number of amides is 1. The van der Waals surface area contributed by atoms with Crippen molar-refractivity contribution < 1.29 is 9.21 Å². The molecule has 0 aliphatic carbocycles. The van der Waals surface area contributed by atoms with Crippen LogP contribution in [-0.4, -0.2) is 17.1 Å². The van der Waals surface area contributed by atoms with Crippen molar-refractivity contribution in [1.82, 2.24) is 4.98 Å². The zero-order chi connectivity index (χ0) is 14.8. The molecular formula is C14H13N3O2S2. The monoisotopic (exact) mass is 319 g/mol. The smallest absolute Gasteiger partial charge is 0.291 e. The highest BCUT2D eigenvalue weighted by molar-refractivity contribution is 8.00. The van der Waals surface area contributed by atoms with E-state index in [1.54, 1.807) is 35.2 Å². The Morgan fingerprint density at radius 3 is 3.00 bits per heavy atom. The fourth-order valence-corrected chi connectivity index (χ4v) is 3.40. The van der Waals surface area contributed by atoms with Crippen LogP contribution in [0, 0.1) is 0 Å². The average Bonchev–Trinajstić information content (AvgIpc) is 3.12. The van der Waals surface area contributed by atoms with Crippen LogP contribution in [0.2, 0.25) is 0 Å². The van der Waals surface area contributed by atoms with Crippen LogP contribution in [0.1, 0.15) is 16.3 Å². The molecule has 0 radical (unpaired) electrons. The normalized spacial score (nSPS) is 11.0. The van der Waals surface area contributed by atoms with E-state index in [0.29, 0.717) is 5.76 Å². The number of hydrogen-bond donors (Lipinski definition) is 2. The van der Waals surface area contributed by atoms with Crippen LogP contribution in [0.4, 0.5) is 5.69 Å². The zero-order valence-electron chi connectivity index (χ0n) is 11.3. The Morgan fingerprint density at radius 1 is 1.43 bits per heavy atom. The van der Waals surface area contributed by atoms with Crippen LogP contribution in [0.5, 0.6) is 0 Å². The fourth-order valence-electron chi connectivity index (χ4n) is 1.87. The second kappa shape index (κ2) is 5.88. The molecule has 5 nitrogen and oxygen atoms in total. The summed E-state index contributed by atoms with van der Waals surface area (Å²) in [4.78, 5) is 16.5. The first-order valence-electron chi connectivity index (χ1n) is 6.24. The number of benzene rings is 1. The molecule has 0 atom stereocenters. The van der Waals surface area contributed by atoms with E-state index in [-0.39, 0.29) is 18.2 Å². The molecule has 0 aliphatic rings. The fraction of sp³-hybridized carbons (Fsp3) is 0.143. The van der Waals surface area contributed by atoms with Crippen molar-refractivity contribution >= 4 is 44.9 Å². The van der Waals surface area contributed by atoms with E-state index < -0.39 is 0 Å². The highest BCUT2D eigenvalue weighted by Crippen LogP contribution is 2.30. The van der Waals surface area contributed by atoms with E-state index in [4.69, 9.17) is 10.2 Å². The first-order valence-corrected chi connectivity index (χ1v) is 8.28. The first kappa shape index (κ1) is 14.1. The Bertz CT molecular complexity index is 794. The molecule has 0 saturated heterocycles. The number of nitrogens with one attached hydrogen (secondary N) is 1. The summed E-state index contributed by atoms with van der Waals surface area (Å²) in [6.45, 7) is 0.275. The Morgan fingerprint density at radius 2 is 2.29 bits per heavy atom. The molecule has 3 aromatic rings. The van der Waals surface area contributed by atoms with E-state index in [9.17, 15) is 4.79 Å². The molecule has 2 heterocycles. The number of nitrogens with zero attached hydrogens (tertiary/aromatic N) is 1. The van der Waals surface area contributed by atoms with E-state index >= 15 is 0 Å². The Balaban J connectivity index is 1.81. The van der Waals surface area contributed by atoms with Gasteiger partial charge in [0.05, 0.1) is 16.8 Å². The Hall–Kier alpha value is -1.83. The summed E-state index contributed by atoms with van der Waals surface area (Å²) in [6, 6.07) is 8.96. The quantitative estimate of drug-likeness (QED) is 0.721. The van der Waals surface area contributed by atoms with Gasteiger partial charge in [-0.15, -0.1) is 11.3 Å². The molecule has 0 unspecified atom stereocenters. The number of carbonyl (C=O) groups is 1. The summed E-state index contributed by atoms with van der Waals surface area (Å²) >= 11 is 3.21. The molecule has 3 rings (SSSR count). The number of furan rings is 1. The molecular weight excluding hydrogens is 306 g/mol. The van der Waals surface area contributed by atoms with Gasteiger partial charge in [-0.1, -0.05) is 11.8 Å². The van der Waals surface area contributed by atoms with Crippen LogP contribution < -0.4 is 11.1 Å². The number of nitrogens with two attached hydrogens (primary N) is 1. The van der Waals surface area contributed by atoms with Gasteiger partial charge in [-0.25, -0.2) is 4.98 Å². The maximum absolute atomic E-state index is 12.1. The standard InChI is InChI=1S/C14H13N3O2S2/c1-20-14-17-10-4-2-8(6-12(10)21-14)16-13(18)11-5-3-9(7-15)19-11/h2-6H,7,15H2,1H3,(H,16,18). The highest BCUT2D eigenvalue weighted by Gasteiger charge is 2.12. The van der Waals surface area contributed by atoms with Crippen LogP contribution in [-0.2, 0) is 6.54 Å². The van der Waals surface area contributed by atoms with Gasteiger partial charge in [-0.05, 0) is 36.6 Å². The lowest BCUT2D eigenvalue weighted by atomic mass is 10.3. The molecule has 108 valence electrons. The summed E-state index contributed by atoms with van der Waals surface area (Å²) in [5.74, 6) is 0.552. The zero-order valence-corrected chi connectivity index (χ0v) is 12.9. The number of anilines is 1. The van der Waals surface area contributed by atoms with Crippen molar-refractivity contribution in [2.24, 2.45) is 5.73 Å². The van der Waals surface area contributed by atoms with Gasteiger partial charge in [0.25, 0.3) is 5.91 Å². The Labute approximate surface area is 129 Å². The van der Waals surface area contributed by atoms with Crippen LogP contribution in [0.25, 0.3) is 10.2 Å². The third-order valence-electron chi connectivity index (χ3n) is 2.89. The average molecular weight is 319 g/mol. The van der Waals surface area contributed by atoms with Crippen molar-refractivity contribution in [3.8, 4) is 0 Å². The largest absolute Gasteiger partial charge is 0.455 e. The molecule has 0 fully saturated rings. The van der Waals surface area contributed by atoms with Crippen molar-refractivity contribution in [3.05, 3.63) is 41.9 Å². The molecule has 2 aromatic heterocycles. The molecule has 21 heavy (non-hydrogen) atoms. The van der Waals surface area contributed by atoms with Crippen molar-refractivity contribution in [3.63, 3.8) is 0 Å². The predicted molar refractivity (Wildman–Crippen MR) is 86.0 cm³/mol. The van der Waals surface area contributed by atoms with Gasteiger partial charge in [-0.3, -0.25) is 4.79 Å². The van der Waals surface area contributed by atoms with E-state index in [1.165, 1.54) is 0 Å². The molecule has 1 amide bonds. The van der Waals surface area contributed by atoms with Gasteiger partial charge in [0.1, 0.15) is 5.76 Å². The maximum Gasteiger partial charge on any atom is 0.291 e. The topological polar surface area (TPSA) is 81.2 Å². The van der Waals surface area contributed by atoms with Crippen molar-refractivity contribution in [2.75, 3.05) is 11.6 Å². The minimum Gasteiger partial charge on any atom is -0.455 e. The molecule has 0 bridgehead atoms. The summed E-state index contributed by atoms with van der Waals surface area (Å²) < 4.78 is 7.37. The predicted octanol–water partition coefficient (Wildman–Crippen LogP) is 3.32. The summed E-state index contributed by atoms with van der Waals surface area (Å²) in [5, 5.41) is 2.81. The second-order valence-corrected chi connectivity index (χ2v) is 6.37. The lowest BCUT2D eigenvalue weighted by molar-refractivity contribution is 0.0995. The van der Waals surface area contributed by atoms with Gasteiger partial charge >= 0.3 is 0 Å². The number of thiazole rings is 1. The van der Waals surface area contributed by atoms with E-state index in [1.807, 2.05) is 24.5 Å². The van der Waals surface area contributed by atoms with E-state index in [2.05, 4.69) is 10.3 Å². The highest BCUT2D eigenvalue weighted by atomic mass is 32.2. The Kier molecular flexibility index (Phi) is 3.96. The third kappa shape index (κ3) is 2.94. The number of rotatable bonds is 4. The van der Waals surface area contributed by atoms with Crippen LogP contribution in [0.3, 0.4) is 0 Å². The van der Waals surface area contributed by atoms with Gasteiger partial charge in [-0.2, -0.15) is 0 Å². The van der Waals surface area contributed by atoms with Gasteiger partial charge in [0, 0.05) is 5.69 Å². The number of hydrogen-bond acceptors (Lipinski definition) is 6. The number of thioether (sulfide) groups is 1. The molecule has 0 spiro atoms. The van der Waals surface area contributed by atoms with Gasteiger partial charge < -0.3 is 15.5 Å². The van der Waals surface area contributed by atoms with Gasteiger partial charge in [0.2, 0.25) is 0 Å². The van der Waals surface area contributed by atoms with Crippen molar-refractivity contribution in [2.45, 2.75) is 10.9 Å².